The molecular formula is C20H22N4OS. The molecule has 3 aromatic rings. The van der Waals surface area contributed by atoms with Crippen molar-refractivity contribution in [2.75, 3.05) is 24.3 Å². The number of rotatable bonds is 4. The van der Waals surface area contributed by atoms with E-state index in [1.807, 2.05) is 24.4 Å². The molecule has 3 rings (SSSR count). The van der Waals surface area contributed by atoms with Crippen LogP contribution in [0, 0.1) is 20.8 Å². The van der Waals surface area contributed by atoms with Crippen LogP contribution >= 0.6 is 11.3 Å². The number of aryl methyl sites for hydroxylation is 3. The molecule has 2 heterocycles. The number of pyridine rings is 1. The van der Waals surface area contributed by atoms with Gasteiger partial charge in [-0.2, -0.15) is 0 Å². The Labute approximate surface area is 157 Å². The zero-order valence-electron chi connectivity index (χ0n) is 15.6. The van der Waals surface area contributed by atoms with Gasteiger partial charge in [0.15, 0.2) is 5.13 Å². The van der Waals surface area contributed by atoms with Gasteiger partial charge in [-0.3, -0.25) is 10.1 Å². The van der Waals surface area contributed by atoms with Crippen molar-refractivity contribution in [1.29, 1.82) is 0 Å². The van der Waals surface area contributed by atoms with Crippen LogP contribution in [0.15, 0.2) is 35.8 Å². The van der Waals surface area contributed by atoms with Crippen LogP contribution in [-0.2, 0) is 0 Å². The lowest BCUT2D eigenvalue weighted by Gasteiger charge is -2.11. The molecular weight excluding hydrogens is 344 g/mol. The molecule has 0 atom stereocenters. The second-order valence-corrected chi connectivity index (χ2v) is 7.42. The van der Waals surface area contributed by atoms with Gasteiger partial charge in [-0.05, 0) is 44.0 Å². The summed E-state index contributed by atoms with van der Waals surface area (Å²) >= 11 is 1.43. The highest BCUT2D eigenvalue weighted by atomic mass is 32.1. The highest BCUT2D eigenvalue weighted by Gasteiger charge is 2.14. The summed E-state index contributed by atoms with van der Waals surface area (Å²) in [5.41, 5.74) is 6.20. The molecule has 134 valence electrons. The minimum Gasteiger partial charge on any atom is -0.363 e. The molecule has 1 aromatic carbocycles. The summed E-state index contributed by atoms with van der Waals surface area (Å²) in [6.45, 7) is 6.27. The van der Waals surface area contributed by atoms with Crippen molar-refractivity contribution >= 4 is 28.2 Å². The number of aromatic nitrogens is 2. The molecule has 0 aliphatic carbocycles. The number of anilines is 2. The van der Waals surface area contributed by atoms with Gasteiger partial charge in [-0.25, -0.2) is 9.97 Å². The summed E-state index contributed by atoms with van der Waals surface area (Å²) in [5.74, 6) is 0.553. The number of carbonyl (C=O) groups is 1. The number of carbonyl (C=O) groups excluding carboxylic acids is 1. The number of thiazole rings is 1. The Morgan fingerprint density at radius 1 is 1.12 bits per heavy atom. The first-order chi connectivity index (χ1) is 12.3. The third kappa shape index (κ3) is 3.75. The molecule has 0 aliphatic heterocycles. The summed E-state index contributed by atoms with van der Waals surface area (Å²) in [5, 5.41) is 5.46. The van der Waals surface area contributed by atoms with Gasteiger partial charge < -0.3 is 4.90 Å². The van der Waals surface area contributed by atoms with E-state index in [1.165, 1.54) is 28.0 Å². The first kappa shape index (κ1) is 18.1. The maximum absolute atomic E-state index is 12.5. The highest BCUT2D eigenvalue weighted by Crippen LogP contribution is 2.31. The van der Waals surface area contributed by atoms with E-state index in [0.717, 1.165) is 17.1 Å². The zero-order chi connectivity index (χ0) is 18.8. The molecule has 1 N–H and O–H groups in total. The number of hydrogen-bond donors (Lipinski definition) is 1. The quantitative estimate of drug-likeness (QED) is 0.741. The lowest BCUT2D eigenvalue weighted by atomic mass is 9.98. The van der Waals surface area contributed by atoms with E-state index >= 15 is 0 Å². The lowest BCUT2D eigenvalue weighted by molar-refractivity contribution is 0.102. The van der Waals surface area contributed by atoms with Gasteiger partial charge in [-0.1, -0.05) is 17.7 Å². The molecule has 0 saturated heterocycles. The number of benzene rings is 1. The minimum absolute atomic E-state index is 0.186. The molecule has 2 aromatic heterocycles. The summed E-state index contributed by atoms with van der Waals surface area (Å²) in [6.07, 6.45) is 1.64. The van der Waals surface area contributed by atoms with Crippen molar-refractivity contribution in [3.05, 3.63) is 58.1 Å². The van der Waals surface area contributed by atoms with Crippen LogP contribution in [0.5, 0.6) is 0 Å². The third-order valence-electron chi connectivity index (χ3n) is 4.12. The predicted molar refractivity (Wildman–Crippen MR) is 108 cm³/mol. The van der Waals surface area contributed by atoms with E-state index in [0.29, 0.717) is 10.7 Å². The lowest BCUT2D eigenvalue weighted by Crippen LogP contribution is -2.15. The molecule has 0 aliphatic rings. The Bertz CT molecular complexity index is 939. The summed E-state index contributed by atoms with van der Waals surface area (Å²) < 4.78 is 0. The zero-order valence-corrected chi connectivity index (χ0v) is 16.4. The van der Waals surface area contributed by atoms with Crippen LogP contribution in [0.1, 0.15) is 27.0 Å². The van der Waals surface area contributed by atoms with Crippen LogP contribution in [0.2, 0.25) is 0 Å². The Kier molecular flexibility index (Phi) is 5.04. The SMILES string of the molecule is Cc1cc(C)c(-c2csc(NC(=O)c3ccnc(N(C)C)c3)n2)c(C)c1. The fourth-order valence-electron chi connectivity index (χ4n) is 3.00. The highest BCUT2D eigenvalue weighted by molar-refractivity contribution is 7.14. The molecule has 0 spiro atoms. The Morgan fingerprint density at radius 3 is 2.46 bits per heavy atom. The average Bonchev–Trinajstić information content (AvgIpc) is 3.02. The first-order valence-electron chi connectivity index (χ1n) is 8.33. The van der Waals surface area contributed by atoms with Gasteiger partial charge in [0.1, 0.15) is 5.82 Å². The van der Waals surface area contributed by atoms with E-state index in [9.17, 15) is 4.79 Å². The molecule has 6 heteroatoms. The van der Waals surface area contributed by atoms with E-state index in [1.54, 1.807) is 18.3 Å². The van der Waals surface area contributed by atoms with Gasteiger partial charge in [-0.15, -0.1) is 11.3 Å². The topological polar surface area (TPSA) is 58.1 Å². The molecule has 1 amide bonds. The molecule has 26 heavy (non-hydrogen) atoms. The number of nitrogens with one attached hydrogen (secondary N) is 1. The average molecular weight is 366 g/mol. The van der Waals surface area contributed by atoms with Crippen LogP contribution in [0.3, 0.4) is 0 Å². The van der Waals surface area contributed by atoms with E-state index in [4.69, 9.17) is 0 Å². The van der Waals surface area contributed by atoms with Gasteiger partial charge in [0, 0.05) is 36.8 Å². The summed E-state index contributed by atoms with van der Waals surface area (Å²) in [6, 6.07) is 7.77. The standard InChI is InChI=1S/C20H22N4OS/c1-12-8-13(2)18(14(3)9-12)16-11-26-20(22-16)23-19(25)15-6-7-21-17(10-15)24(4)5/h6-11H,1-5H3,(H,22,23,25). The molecule has 0 fully saturated rings. The van der Waals surface area contributed by atoms with Crippen molar-refractivity contribution in [3.63, 3.8) is 0 Å². The summed E-state index contributed by atoms with van der Waals surface area (Å²) in [7, 11) is 3.78. The molecule has 0 unspecified atom stereocenters. The van der Waals surface area contributed by atoms with E-state index < -0.39 is 0 Å². The Balaban J connectivity index is 1.83. The maximum Gasteiger partial charge on any atom is 0.257 e. The van der Waals surface area contributed by atoms with Gasteiger partial charge in [0.05, 0.1) is 5.69 Å². The fourth-order valence-corrected chi connectivity index (χ4v) is 3.70. The minimum atomic E-state index is -0.186. The largest absolute Gasteiger partial charge is 0.363 e. The normalized spacial score (nSPS) is 10.7. The van der Waals surface area contributed by atoms with Crippen LogP contribution in [0.4, 0.5) is 10.9 Å². The van der Waals surface area contributed by atoms with Gasteiger partial charge >= 0.3 is 0 Å². The van der Waals surface area contributed by atoms with Crippen LogP contribution in [-0.4, -0.2) is 30.0 Å². The van der Waals surface area contributed by atoms with Crippen LogP contribution < -0.4 is 10.2 Å². The number of amides is 1. The van der Waals surface area contributed by atoms with E-state index in [-0.39, 0.29) is 5.91 Å². The molecule has 0 saturated carbocycles. The fraction of sp³-hybridized carbons (Fsp3) is 0.250. The Hall–Kier alpha value is -2.73. The maximum atomic E-state index is 12.5. The molecule has 0 radical (unpaired) electrons. The monoisotopic (exact) mass is 366 g/mol. The van der Waals surface area contributed by atoms with Gasteiger partial charge in [0.25, 0.3) is 5.91 Å². The van der Waals surface area contributed by atoms with Crippen molar-refractivity contribution < 1.29 is 4.79 Å². The number of hydrogen-bond acceptors (Lipinski definition) is 5. The van der Waals surface area contributed by atoms with Crippen molar-refractivity contribution in [2.24, 2.45) is 0 Å². The van der Waals surface area contributed by atoms with Crippen molar-refractivity contribution in [3.8, 4) is 11.3 Å². The second kappa shape index (κ2) is 7.25. The number of nitrogens with zero attached hydrogens (tertiary/aromatic N) is 3. The summed E-state index contributed by atoms with van der Waals surface area (Å²) in [4.78, 5) is 23.2. The van der Waals surface area contributed by atoms with Crippen molar-refractivity contribution in [1.82, 2.24) is 9.97 Å². The second-order valence-electron chi connectivity index (χ2n) is 6.56. The molecule has 0 bridgehead atoms. The third-order valence-corrected chi connectivity index (χ3v) is 4.88. The first-order valence-corrected chi connectivity index (χ1v) is 9.21. The van der Waals surface area contributed by atoms with Gasteiger partial charge in [0.2, 0.25) is 0 Å². The van der Waals surface area contributed by atoms with Crippen LogP contribution in [0.25, 0.3) is 11.3 Å². The molecule has 5 nitrogen and oxygen atoms in total. The predicted octanol–water partition coefficient (Wildman–Crippen LogP) is 4.45. The smallest absolute Gasteiger partial charge is 0.257 e. The Morgan fingerprint density at radius 2 is 1.81 bits per heavy atom. The van der Waals surface area contributed by atoms with E-state index in [2.05, 4.69) is 48.2 Å². The van der Waals surface area contributed by atoms with Crippen molar-refractivity contribution in [2.45, 2.75) is 20.8 Å².